The molecule has 6 heteroatoms. The van der Waals surface area contributed by atoms with Crippen LogP contribution < -0.4 is 16.0 Å². The van der Waals surface area contributed by atoms with Crippen molar-refractivity contribution >= 4 is 40.6 Å². The van der Waals surface area contributed by atoms with Crippen LogP contribution in [0, 0.1) is 6.92 Å². The highest BCUT2D eigenvalue weighted by atomic mass is 35.5. The fraction of sp³-hybridized carbons (Fsp3) is 0.0476. The van der Waals surface area contributed by atoms with Crippen LogP contribution in [0.15, 0.2) is 72.8 Å². The number of amides is 3. The topological polar surface area (TPSA) is 70.2 Å². The normalized spacial score (nSPS) is 10.1. The minimum Gasteiger partial charge on any atom is -0.322 e. The van der Waals surface area contributed by atoms with Gasteiger partial charge in [-0.05, 0) is 67.1 Å². The van der Waals surface area contributed by atoms with Crippen LogP contribution in [0.25, 0.3) is 0 Å². The molecule has 0 aliphatic carbocycles. The van der Waals surface area contributed by atoms with Gasteiger partial charge in [0.25, 0.3) is 5.91 Å². The summed E-state index contributed by atoms with van der Waals surface area (Å²) in [6.07, 6.45) is 0. The third-order valence-electron chi connectivity index (χ3n) is 3.89. The lowest BCUT2D eigenvalue weighted by molar-refractivity contribution is 0.102. The van der Waals surface area contributed by atoms with Gasteiger partial charge in [-0.1, -0.05) is 29.8 Å². The summed E-state index contributed by atoms with van der Waals surface area (Å²) in [6, 6.07) is 20.7. The molecule has 0 aromatic heterocycles. The Morgan fingerprint density at radius 3 is 1.74 bits per heavy atom. The second kappa shape index (κ2) is 8.38. The summed E-state index contributed by atoms with van der Waals surface area (Å²) >= 11 is 5.82. The Morgan fingerprint density at radius 1 is 0.704 bits per heavy atom. The predicted molar refractivity (Wildman–Crippen MR) is 110 cm³/mol. The predicted octanol–water partition coefficient (Wildman–Crippen LogP) is 5.54. The van der Waals surface area contributed by atoms with Crippen molar-refractivity contribution in [1.82, 2.24) is 0 Å². The number of rotatable bonds is 4. The van der Waals surface area contributed by atoms with Crippen LogP contribution in [0.2, 0.25) is 5.02 Å². The SMILES string of the molecule is Cc1ccccc1C(=O)Nc1ccc(NC(=O)Nc2ccc(Cl)cc2)cc1. The molecule has 3 aromatic carbocycles. The molecule has 0 saturated carbocycles. The number of urea groups is 1. The number of anilines is 3. The first kappa shape index (κ1) is 18.5. The number of carbonyl (C=O) groups excluding carboxylic acids is 2. The van der Waals surface area contributed by atoms with Crippen molar-refractivity contribution in [3.63, 3.8) is 0 Å². The van der Waals surface area contributed by atoms with Crippen LogP contribution >= 0.6 is 11.6 Å². The molecule has 3 rings (SSSR count). The Labute approximate surface area is 162 Å². The molecule has 0 spiro atoms. The number of nitrogens with one attached hydrogen (secondary N) is 3. The molecule has 0 bridgehead atoms. The number of hydrogen-bond donors (Lipinski definition) is 3. The summed E-state index contributed by atoms with van der Waals surface area (Å²) in [5, 5.41) is 8.89. The molecule has 0 atom stereocenters. The van der Waals surface area contributed by atoms with Crippen molar-refractivity contribution in [3.8, 4) is 0 Å². The molecular formula is C21H18ClN3O2. The van der Waals surface area contributed by atoms with Crippen LogP contribution in [0.4, 0.5) is 21.9 Å². The summed E-state index contributed by atoms with van der Waals surface area (Å²) in [6.45, 7) is 1.89. The van der Waals surface area contributed by atoms with E-state index in [9.17, 15) is 9.59 Å². The lowest BCUT2D eigenvalue weighted by atomic mass is 10.1. The van der Waals surface area contributed by atoms with Gasteiger partial charge in [-0.2, -0.15) is 0 Å². The quantitative estimate of drug-likeness (QED) is 0.556. The Morgan fingerprint density at radius 2 is 1.19 bits per heavy atom. The largest absolute Gasteiger partial charge is 0.323 e. The van der Waals surface area contributed by atoms with Gasteiger partial charge >= 0.3 is 6.03 Å². The smallest absolute Gasteiger partial charge is 0.322 e. The van der Waals surface area contributed by atoms with Crippen molar-refractivity contribution in [2.24, 2.45) is 0 Å². The fourth-order valence-corrected chi connectivity index (χ4v) is 2.62. The Kier molecular flexibility index (Phi) is 5.74. The van der Waals surface area contributed by atoms with E-state index in [-0.39, 0.29) is 11.9 Å². The molecular weight excluding hydrogens is 362 g/mol. The summed E-state index contributed by atoms with van der Waals surface area (Å²) in [5.74, 6) is -0.172. The van der Waals surface area contributed by atoms with E-state index in [0.717, 1.165) is 5.56 Å². The molecule has 27 heavy (non-hydrogen) atoms. The molecule has 0 aliphatic heterocycles. The number of halogens is 1. The van der Waals surface area contributed by atoms with Gasteiger partial charge in [-0.25, -0.2) is 4.79 Å². The lowest BCUT2D eigenvalue weighted by Crippen LogP contribution is -2.19. The van der Waals surface area contributed by atoms with Gasteiger partial charge in [0.15, 0.2) is 0 Å². The molecule has 0 unspecified atom stereocenters. The Bertz CT molecular complexity index is 954. The van der Waals surface area contributed by atoms with E-state index in [1.165, 1.54) is 0 Å². The highest BCUT2D eigenvalue weighted by molar-refractivity contribution is 6.30. The number of benzene rings is 3. The van der Waals surface area contributed by atoms with E-state index in [4.69, 9.17) is 11.6 Å². The van der Waals surface area contributed by atoms with Gasteiger partial charge in [0.05, 0.1) is 0 Å². The standard InChI is InChI=1S/C21H18ClN3O2/c1-14-4-2-3-5-19(14)20(26)23-16-10-12-18(13-11-16)25-21(27)24-17-8-6-15(22)7-9-17/h2-13H,1H3,(H,23,26)(H2,24,25,27). The molecule has 0 heterocycles. The fourth-order valence-electron chi connectivity index (χ4n) is 2.49. The average molecular weight is 380 g/mol. The van der Waals surface area contributed by atoms with Crippen molar-refractivity contribution in [2.45, 2.75) is 6.92 Å². The van der Waals surface area contributed by atoms with E-state index in [2.05, 4.69) is 16.0 Å². The second-order valence-corrected chi connectivity index (χ2v) is 6.37. The van der Waals surface area contributed by atoms with E-state index in [1.807, 2.05) is 25.1 Å². The first-order chi connectivity index (χ1) is 13.0. The molecule has 5 nitrogen and oxygen atoms in total. The minimum absolute atomic E-state index is 0.172. The van der Waals surface area contributed by atoms with E-state index in [1.54, 1.807) is 54.6 Å². The summed E-state index contributed by atoms with van der Waals surface area (Å²) in [4.78, 5) is 24.4. The third-order valence-corrected chi connectivity index (χ3v) is 4.14. The Balaban J connectivity index is 1.58. The number of aryl methyl sites for hydroxylation is 1. The first-order valence-corrected chi connectivity index (χ1v) is 8.70. The monoisotopic (exact) mass is 379 g/mol. The van der Waals surface area contributed by atoms with Crippen molar-refractivity contribution in [2.75, 3.05) is 16.0 Å². The maximum absolute atomic E-state index is 12.3. The highest BCUT2D eigenvalue weighted by Crippen LogP contribution is 2.17. The summed E-state index contributed by atoms with van der Waals surface area (Å²) in [7, 11) is 0. The van der Waals surface area contributed by atoms with Gasteiger partial charge in [-0.3, -0.25) is 4.79 Å². The van der Waals surface area contributed by atoms with Crippen LogP contribution in [0.5, 0.6) is 0 Å². The molecule has 3 aromatic rings. The highest BCUT2D eigenvalue weighted by Gasteiger charge is 2.09. The zero-order chi connectivity index (χ0) is 19.2. The molecule has 0 saturated heterocycles. The van der Waals surface area contributed by atoms with E-state index < -0.39 is 0 Å². The summed E-state index contributed by atoms with van der Waals surface area (Å²) < 4.78 is 0. The summed E-state index contributed by atoms with van der Waals surface area (Å²) in [5.41, 5.74) is 3.43. The first-order valence-electron chi connectivity index (χ1n) is 8.32. The van der Waals surface area contributed by atoms with Crippen molar-refractivity contribution in [1.29, 1.82) is 0 Å². The Hall–Kier alpha value is -3.31. The second-order valence-electron chi connectivity index (χ2n) is 5.93. The maximum Gasteiger partial charge on any atom is 0.323 e. The third kappa shape index (κ3) is 5.09. The zero-order valence-corrected chi connectivity index (χ0v) is 15.4. The molecule has 0 aliphatic rings. The number of hydrogen-bond acceptors (Lipinski definition) is 2. The van der Waals surface area contributed by atoms with Crippen LogP contribution in [0.3, 0.4) is 0 Å². The van der Waals surface area contributed by atoms with Gasteiger partial charge in [0, 0.05) is 27.6 Å². The molecule has 3 N–H and O–H groups in total. The van der Waals surface area contributed by atoms with Crippen molar-refractivity contribution < 1.29 is 9.59 Å². The molecule has 0 fully saturated rings. The van der Waals surface area contributed by atoms with E-state index >= 15 is 0 Å². The zero-order valence-electron chi connectivity index (χ0n) is 14.6. The van der Waals surface area contributed by atoms with Crippen LogP contribution in [0.1, 0.15) is 15.9 Å². The van der Waals surface area contributed by atoms with Crippen LogP contribution in [-0.2, 0) is 0 Å². The van der Waals surface area contributed by atoms with Gasteiger partial charge < -0.3 is 16.0 Å². The minimum atomic E-state index is -0.367. The molecule has 0 radical (unpaired) electrons. The van der Waals surface area contributed by atoms with Gasteiger partial charge in [0.1, 0.15) is 0 Å². The molecule has 3 amide bonds. The van der Waals surface area contributed by atoms with Crippen LogP contribution in [-0.4, -0.2) is 11.9 Å². The maximum atomic E-state index is 12.3. The van der Waals surface area contributed by atoms with E-state index in [0.29, 0.717) is 27.6 Å². The lowest BCUT2D eigenvalue weighted by Gasteiger charge is -2.10. The average Bonchev–Trinajstić information content (AvgIpc) is 2.65. The molecule has 136 valence electrons. The van der Waals surface area contributed by atoms with Gasteiger partial charge in [-0.15, -0.1) is 0 Å². The number of carbonyl (C=O) groups is 2. The van der Waals surface area contributed by atoms with Crippen molar-refractivity contribution in [3.05, 3.63) is 88.9 Å². The van der Waals surface area contributed by atoms with Gasteiger partial charge in [0.2, 0.25) is 0 Å².